The Kier molecular flexibility index (Phi) is 6.72. The standard InChI is InChI=1S/C19H28N2O2S/c1-15(10-13-24-3)20-18(23)19(2)11-7-12-21(14-19)17(22)16-8-5-4-6-9-16/h4-6,8-9,15H,7,10-14H2,1-3H3,(H,20,23). The van der Waals surface area contributed by atoms with Gasteiger partial charge < -0.3 is 10.2 Å². The molecule has 1 heterocycles. The van der Waals surface area contributed by atoms with E-state index < -0.39 is 5.41 Å². The first kappa shape index (κ1) is 18.8. The van der Waals surface area contributed by atoms with E-state index in [0.717, 1.165) is 31.6 Å². The number of carbonyl (C=O) groups is 2. The van der Waals surface area contributed by atoms with Gasteiger partial charge in [-0.15, -0.1) is 0 Å². The monoisotopic (exact) mass is 348 g/mol. The second-order valence-corrected chi connectivity index (χ2v) is 7.90. The Labute approximate surface area is 149 Å². The fourth-order valence-corrected chi connectivity index (χ4v) is 3.72. The van der Waals surface area contributed by atoms with Crippen LogP contribution in [0.3, 0.4) is 0 Å². The highest BCUT2D eigenvalue weighted by Gasteiger charge is 2.39. The summed E-state index contributed by atoms with van der Waals surface area (Å²) in [7, 11) is 0. The fourth-order valence-electron chi connectivity index (χ4n) is 3.13. The lowest BCUT2D eigenvalue weighted by atomic mass is 9.80. The van der Waals surface area contributed by atoms with Crippen LogP contribution in [0, 0.1) is 5.41 Å². The van der Waals surface area contributed by atoms with Crippen molar-refractivity contribution >= 4 is 23.6 Å². The largest absolute Gasteiger partial charge is 0.353 e. The topological polar surface area (TPSA) is 49.4 Å². The molecule has 2 rings (SSSR count). The summed E-state index contributed by atoms with van der Waals surface area (Å²) in [6.07, 6.45) is 4.73. The van der Waals surface area contributed by atoms with Crippen LogP contribution in [-0.4, -0.2) is 47.9 Å². The first-order valence-electron chi connectivity index (χ1n) is 8.60. The van der Waals surface area contributed by atoms with Crippen molar-refractivity contribution < 1.29 is 9.59 Å². The summed E-state index contributed by atoms with van der Waals surface area (Å²) in [4.78, 5) is 27.2. The number of amides is 2. The van der Waals surface area contributed by atoms with Crippen LogP contribution in [0.15, 0.2) is 30.3 Å². The van der Waals surface area contributed by atoms with Crippen LogP contribution in [0.5, 0.6) is 0 Å². The molecule has 0 bridgehead atoms. The van der Waals surface area contributed by atoms with Crippen LogP contribution in [0.25, 0.3) is 0 Å². The molecule has 4 nitrogen and oxygen atoms in total. The van der Waals surface area contributed by atoms with Crippen molar-refractivity contribution in [1.29, 1.82) is 0 Å². The van der Waals surface area contributed by atoms with Crippen LogP contribution in [0.2, 0.25) is 0 Å². The molecule has 0 aliphatic carbocycles. The van der Waals surface area contributed by atoms with Crippen molar-refractivity contribution in [2.75, 3.05) is 25.1 Å². The van der Waals surface area contributed by atoms with Gasteiger partial charge in [-0.3, -0.25) is 9.59 Å². The van der Waals surface area contributed by atoms with Gasteiger partial charge in [0.25, 0.3) is 5.91 Å². The molecule has 5 heteroatoms. The van der Waals surface area contributed by atoms with Gasteiger partial charge in [0.05, 0.1) is 5.41 Å². The van der Waals surface area contributed by atoms with Gasteiger partial charge >= 0.3 is 0 Å². The van der Waals surface area contributed by atoms with Gasteiger partial charge in [0.1, 0.15) is 0 Å². The minimum Gasteiger partial charge on any atom is -0.353 e. The molecule has 1 aliphatic rings. The second kappa shape index (κ2) is 8.56. The summed E-state index contributed by atoms with van der Waals surface area (Å²) in [5.41, 5.74) is 0.187. The van der Waals surface area contributed by atoms with E-state index in [2.05, 4.69) is 11.6 Å². The molecule has 1 N–H and O–H groups in total. The predicted octanol–water partition coefficient (Wildman–Crippen LogP) is 3.19. The number of likely N-dealkylation sites (tertiary alicyclic amines) is 1. The Bertz CT molecular complexity index is 564. The highest BCUT2D eigenvalue weighted by molar-refractivity contribution is 7.98. The minimum absolute atomic E-state index is 0.0183. The third-order valence-corrected chi connectivity index (χ3v) is 5.33. The number of carbonyl (C=O) groups excluding carboxylic acids is 2. The predicted molar refractivity (Wildman–Crippen MR) is 100 cm³/mol. The molecular weight excluding hydrogens is 320 g/mol. The molecule has 1 fully saturated rings. The Balaban J connectivity index is 2.00. The van der Waals surface area contributed by atoms with Gasteiger partial charge in [0.2, 0.25) is 5.91 Å². The van der Waals surface area contributed by atoms with Crippen molar-refractivity contribution in [2.24, 2.45) is 5.41 Å². The number of rotatable bonds is 6. The zero-order valence-electron chi connectivity index (χ0n) is 14.9. The molecule has 132 valence electrons. The highest BCUT2D eigenvalue weighted by atomic mass is 32.2. The van der Waals surface area contributed by atoms with Crippen LogP contribution in [0.4, 0.5) is 0 Å². The van der Waals surface area contributed by atoms with E-state index >= 15 is 0 Å². The van der Waals surface area contributed by atoms with Crippen LogP contribution in [0.1, 0.15) is 43.5 Å². The molecular formula is C19H28N2O2S. The number of benzene rings is 1. The van der Waals surface area contributed by atoms with Gasteiger partial charge in [-0.05, 0) is 57.3 Å². The fraction of sp³-hybridized carbons (Fsp3) is 0.579. The van der Waals surface area contributed by atoms with E-state index in [0.29, 0.717) is 12.1 Å². The smallest absolute Gasteiger partial charge is 0.253 e. The average molecular weight is 349 g/mol. The molecule has 24 heavy (non-hydrogen) atoms. The Morgan fingerprint density at radius 2 is 2.04 bits per heavy atom. The molecule has 0 spiro atoms. The van der Waals surface area contributed by atoms with E-state index in [-0.39, 0.29) is 17.9 Å². The molecule has 2 atom stereocenters. The van der Waals surface area contributed by atoms with E-state index in [1.807, 2.05) is 49.1 Å². The van der Waals surface area contributed by atoms with Gasteiger partial charge in [-0.2, -0.15) is 11.8 Å². The van der Waals surface area contributed by atoms with Crippen LogP contribution < -0.4 is 5.32 Å². The van der Waals surface area contributed by atoms with E-state index in [4.69, 9.17) is 0 Å². The van der Waals surface area contributed by atoms with E-state index in [1.54, 1.807) is 11.8 Å². The normalized spacial score (nSPS) is 22.0. The zero-order chi connectivity index (χ0) is 17.6. The van der Waals surface area contributed by atoms with E-state index in [1.165, 1.54) is 0 Å². The third-order valence-electron chi connectivity index (χ3n) is 4.69. The van der Waals surface area contributed by atoms with Crippen LogP contribution in [-0.2, 0) is 4.79 Å². The number of nitrogens with one attached hydrogen (secondary N) is 1. The molecule has 0 saturated carbocycles. The molecule has 0 radical (unpaired) electrons. The number of thioether (sulfide) groups is 1. The molecule has 1 aromatic rings. The van der Waals surface area contributed by atoms with Gasteiger partial charge in [-0.1, -0.05) is 18.2 Å². The average Bonchev–Trinajstić information content (AvgIpc) is 2.60. The molecule has 1 aromatic carbocycles. The van der Waals surface area contributed by atoms with Crippen molar-refractivity contribution in [3.05, 3.63) is 35.9 Å². The second-order valence-electron chi connectivity index (χ2n) is 6.91. The van der Waals surface area contributed by atoms with Gasteiger partial charge in [-0.25, -0.2) is 0 Å². The maximum atomic E-state index is 12.7. The Morgan fingerprint density at radius 3 is 2.71 bits per heavy atom. The summed E-state index contributed by atoms with van der Waals surface area (Å²) in [6, 6.07) is 9.48. The zero-order valence-corrected chi connectivity index (χ0v) is 15.7. The number of hydrogen-bond acceptors (Lipinski definition) is 3. The summed E-state index contributed by atoms with van der Waals surface area (Å²) in [5, 5.41) is 3.13. The minimum atomic E-state index is -0.504. The summed E-state index contributed by atoms with van der Waals surface area (Å²) < 4.78 is 0. The third kappa shape index (κ3) is 4.76. The summed E-state index contributed by atoms with van der Waals surface area (Å²) >= 11 is 1.79. The SMILES string of the molecule is CSCCC(C)NC(=O)C1(C)CCCN(C(=O)c2ccccc2)C1. The molecule has 2 amide bonds. The molecule has 0 aromatic heterocycles. The number of nitrogens with zero attached hydrogens (tertiary/aromatic N) is 1. The van der Waals surface area contributed by atoms with Crippen LogP contribution >= 0.6 is 11.8 Å². The maximum absolute atomic E-state index is 12.7. The highest BCUT2D eigenvalue weighted by Crippen LogP contribution is 2.30. The summed E-state index contributed by atoms with van der Waals surface area (Å²) in [6.45, 7) is 5.24. The number of piperidine rings is 1. The van der Waals surface area contributed by atoms with Crippen molar-refractivity contribution in [3.63, 3.8) is 0 Å². The first-order valence-corrected chi connectivity index (χ1v) is 10.00. The lowest BCUT2D eigenvalue weighted by Gasteiger charge is -2.40. The van der Waals surface area contributed by atoms with Crippen molar-refractivity contribution in [3.8, 4) is 0 Å². The molecule has 1 saturated heterocycles. The van der Waals surface area contributed by atoms with Crippen molar-refractivity contribution in [2.45, 2.75) is 39.2 Å². The lowest BCUT2D eigenvalue weighted by molar-refractivity contribution is -0.133. The Morgan fingerprint density at radius 1 is 1.33 bits per heavy atom. The maximum Gasteiger partial charge on any atom is 0.253 e. The number of hydrogen-bond donors (Lipinski definition) is 1. The quantitative estimate of drug-likeness (QED) is 0.859. The Hall–Kier alpha value is -1.49. The molecule has 1 aliphatic heterocycles. The van der Waals surface area contributed by atoms with E-state index in [9.17, 15) is 9.59 Å². The lowest BCUT2D eigenvalue weighted by Crippen LogP contribution is -2.53. The van der Waals surface area contributed by atoms with Gasteiger partial charge in [0.15, 0.2) is 0 Å². The molecule has 2 unspecified atom stereocenters. The van der Waals surface area contributed by atoms with Gasteiger partial charge in [0, 0.05) is 24.7 Å². The van der Waals surface area contributed by atoms with Crippen molar-refractivity contribution in [1.82, 2.24) is 10.2 Å². The first-order chi connectivity index (χ1) is 11.5. The summed E-state index contributed by atoms with van der Waals surface area (Å²) in [5.74, 6) is 1.13.